The van der Waals surface area contributed by atoms with Crippen molar-refractivity contribution in [2.75, 3.05) is 12.9 Å². The largest absolute Gasteiger partial charge is 0.270 e. The second kappa shape index (κ2) is 8.15. The zero-order chi connectivity index (χ0) is 16.9. The topological polar surface area (TPSA) is 43.4 Å². The molecule has 2 aromatic rings. The lowest BCUT2D eigenvalue weighted by Gasteiger charge is -2.17. The van der Waals surface area contributed by atoms with E-state index in [-0.39, 0.29) is 12.5 Å². The molecule has 0 amide bonds. The first-order valence-electron chi connectivity index (χ1n) is 7.18. The lowest BCUT2D eigenvalue weighted by atomic mass is 9.93. The van der Waals surface area contributed by atoms with E-state index in [4.69, 9.17) is 27.4 Å². The van der Waals surface area contributed by atoms with Gasteiger partial charge >= 0.3 is 0 Å². The lowest BCUT2D eigenvalue weighted by molar-refractivity contribution is 0.288. The van der Waals surface area contributed by atoms with Gasteiger partial charge in [0, 0.05) is 16.0 Å². The molecule has 6 heteroatoms. The Bertz CT molecular complexity index is 725. The Hall–Kier alpha value is -1.07. The summed E-state index contributed by atoms with van der Waals surface area (Å²) < 4.78 is 27.6. The number of halogens is 2. The van der Waals surface area contributed by atoms with Gasteiger partial charge in [-0.3, -0.25) is 4.18 Å². The summed E-state index contributed by atoms with van der Waals surface area (Å²) in [6, 6.07) is 15.0. The molecule has 0 spiro atoms. The van der Waals surface area contributed by atoms with E-state index in [2.05, 4.69) is 0 Å². The van der Waals surface area contributed by atoms with Gasteiger partial charge in [-0.05, 0) is 48.2 Å². The molecular weight excluding hydrogens is 355 g/mol. The molecule has 2 rings (SSSR count). The predicted molar refractivity (Wildman–Crippen MR) is 94.8 cm³/mol. The molecule has 0 aliphatic rings. The highest BCUT2D eigenvalue weighted by Crippen LogP contribution is 2.25. The van der Waals surface area contributed by atoms with Crippen molar-refractivity contribution in [3.63, 3.8) is 0 Å². The minimum atomic E-state index is -3.47. The van der Waals surface area contributed by atoms with Crippen molar-refractivity contribution >= 4 is 33.3 Å². The molecule has 1 atom stereocenters. The van der Waals surface area contributed by atoms with E-state index < -0.39 is 10.1 Å². The molecule has 3 nitrogen and oxygen atoms in total. The zero-order valence-electron chi connectivity index (χ0n) is 12.7. The Morgan fingerprint density at radius 1 is 0.957 bits per heavy atom. The van der Waals surface area contributed by atoms with E-state index in [0.717, 1.165) is 30.2 Å². The summed E-state index contributed by atoms with van der Waals surface area (Å²) >= 11 is 11.8. The van der Waals surface area contributed by atoms with Gasteiger partial charge in [-0.15, -0.1) is 0 Å². The first-order chi connectivity index (χ1) is 10.8. The molecule has 0 radical (unpaired) electrons. The summed E-state index contributed by atoms with van der Waals surface area (Å²) in [5.74, 6) is -0.0299. The molecular formula is C17H18Cl2O3S. The summed E-state index contributed by atoms with van der Waals surface area (Å²) in [5.41, 5.74) is 2.15. The zero-order valence-corrected chi connectivity index (χ0v) is 15.0. The maximum atomic E-state index is 11.3. The van der Waals surface area contributed by atoms with Crippen LogP contribution in [0.4, 0.5) is 0 Å². The second-order valence-electron chi connectivity index (χ2n) is 5.40. The quantitative estimate of drug-likeness (QED) is 0.662. The van der Waals surface area contributed by atoms with Gasteiger partial charge in [0.2, 0.25) is 0 Å². The van der Waals surface area contributed by atoms with Crippen molar-refractivity contribution in [3.05, 3.63) is 69.7 Å². The fourth-order valence-electron chi connectivity index (χ4n) is 2.28. The van der Waals surface area contributed by atoms with Crippen molar-refractivity contribution in [1.29, 1.82) is 0 Å². The van der Waals surface area contributed by atoms with Crippen LogP contribution in [-0.2, 0) is 20.7 Å². The number of rotatable bonds is 7. The Labute approximate surface area is 147 Å². The summed E-state index contributed by atoms with van der Waals surface area (Å²) in [6.07, 6.45) is 2.63. The number of hydrogen-bond acceptors (Lipinski definition) is 3. The Balaban J connectivity index is 2.09. The van der Waals surface area contributed by atoms with Crippen LogP contribution >= 0.6 is 23.2 Å². The van der Waals surface area contributed by atoms with Gasteiger partial charge in [-0.1, -0.05) is 47.5 Å². The van der Waals surface area contributed by atoms with E-state index >= 15 is 0 Å². The van der Waals surface area contributed by atoms with Crippen molar-refractivity contribution in [2.45, 2.75) is 18.8 Å². The van der Waals surface area contributed by atoms with Crippen molar-refractivity contribution < 1.29 is 12.6 Å². The van der Waals surface area contributed by atoms with Crippen LogP contribution in [0.25, 0.3) is 0 Å². The molecule has 1 unspecified atom stereocenters. The van der Waals surface area contributed by atoms with Gasteiger partial charge in [0.15, 0.2) is 0 Å². The van der Waals surface area contributed by atoms with Gasteiger partial charge in [0.25, 0.3) is 10.1 Å². The normalized spacial score (nSPS) is 13.0. The van der Waals surface area contributed by atoms with Crippen LogP contribution in [0.2, 0.25) is 10.0 Å². The average Bonchev–Trinajstić information content (AvgIpc) is 2.49. The van der Waals surface area contributed by atoms with Gasteiger partial charge in [-0.25, -0.2) is 0 Å². The summed E-state index contributed by atoms with van der Waals surface area (Å²) in [5, 5.41) is 1.35. The van der Waals surface area contributed by atoms with Crippen LogP contribution in [0.15, 0.2) is 48.5 Å². The highest BCUT2D eigenvalue weighted by atomic mass is 35.5. The smallest absolute Gasteiger partial charge is 0.264 e. The van der Waals surface area contributed by atoms with Crippen molar-refractivity contribution in [3.8, 4) is 0 Å². The van der Waals surface area contributed by atoms with Gasteiger partial charge in [0.05, 0.1) is 12.9 Å². The van der Waals surface area contributed by atoms with Crippen molar-refractivity contribution in [1.82, 2.24) is 0 Å². The molecule has 0 aromatic heterocycles. The molecule has 0 bridgehead atoms. The average molecular weight is 373 g/mol. The van der Waals surface area contributed by atoms with Crippen LogP contribution in [-0.4, -0.2) is 21.3 Å². The molecule has 0 N–H and O–H groups in total. The Morgan fingerprint density at radius 3 is 2.00 bits per heavy atom. The molecule has 0 saturated carbocycles. The summed E-state index contributed by atoms with van der Waals surface area (Å²) in [6.45, 7) is 0.119. The van der Waals surface area contributed by atoms with Crippen LogP contribution in [0.1, 0.15) is 23.5 Å². The van der Waals surface area contributed by atoms with E-state index in [1.807, 2.05) is 36.4 Å². The molecule has 2 aromatic carbocycles. The van der Waals surface area contributed by atoms with Crippen LogP contribution in [0.5, 0.6) is 0 Å². The molecule has 0 fully saturated rings. The number of hydrogen-bond donors (Lipinski definition) is 0. The number of aryl methyl sites for hydroxylation is 1. The molecule has 0 heterocycles. The van der Waals surface area contributed by atoms with Gasteiger partial charge in [-0.2, -0.15) is 8.42 Å². The van der Waals surface area contributed by atoms with Crippen LogP contribution in [0.3, 0.4) is 0 Å². The minimum Gasteiger partial charge on any atom is -0.270 e. The third-order valence-corrected chi connectivity index (χ3v) is 4.59. The molecule has 0 aliphatic carbocycles. The molecule has 0 aliphatic heterocycles. The highest BCUT2D eigenvalue weighted by molar-refractivity contribution is 7.85. The predicted octanol–water partition coefficient (Wildman–Crippen LogP) is 4.69. The molecule has 124 valence electrons. The van der Waals surface area contributed by atoms with Gasteiger partial charge in [0.1, 0.15) is 0 Å². The Morgan fingerprint density at radius 2 is 1.48 bits per heavy atom. The van der Waals surface area contributed by atoms with Crippen molar-refractivity contribution in [2.24, 2.45) is 0 Å². The number of benzene rings is 2. The Kier molecular flexibility index (Phi) is 6.48. The standard InChI is InChI=1S/C17H18Cl2O3S/c1-23(20,21)22-12-15(14-6-10-17(19)11-7-14)5-2-13-3-8-16(18)9-4-13/h3-4,6-11,15H,2,5,12H2,1H3. The van der Waals surface area contributed by atoms with Crippen LogP contribution in [0, 0.1) is 0 Å². The summed E-state index contributed by atoms with van der Waals surface area (Å²) in [4.78, 5) is 0. The SMILES string of the molecule is CS(=O)(=O)OCC(CCc1ccc(Cl)cc1)c1ccc(Cl)cc1. The lowest BCUT2D eigenvalue weighted by Crippen LogP contribution is -2.13. The summed E-state index contributed by atoms with van der Waals surface area (Å²) in [7, 11) is -3.47. The first kappa shape index (κ1) is 18.3. The second-order valence-corrected chi connectivity index (χ2v) is 7.92. The van der Waals surface area contributed by atoms with Crippen LogP contribution < -0.4 is 0 Å². The van der Waals surface area contributed by atoms with E-state index in [0.29, 0.717) is 10.0 Å². The molecule has 0 saturated heterocycles. The maximum Gasteiger partial charge on any atom is 0.264 e. The fraction of sp³-hybridized carbons (Fsp3) is 0.294. The van der Waals surface area contributed by atoms with E-state index in [9.17, 15) is 8.42 Å². The highest BCUT2D eigenvalue weighted by Gasteiger charge is 2.15. The van der Waals surface area contributed by atoms with E-state index in [1.54, 1.807) is 12.1 Å². The molecule has 23 heavy (non-hydrogen) atoms. The third-order valence-electron chi connectivity index (χ3n) is 3.52. The van der Waals surface area contributed by atoms with Gasteiger partial charge < -0.3 is 0 Å². The maximum absolute atomic E-state index is 11.3. The third kappa shape index (κ3) is 6.51. The first-order valence-corrected chi connectivity index (χ1v) is 9.75. The monoisotopic (exact) mass is 372 g/mol. The minimum absolute atomic E-state index is 0.0299. The fourth-order valence-corrected chi connectivity index (χ4v) is 2.94. The van der Waals surface area contributed by atoms with E-state index in [1.165, 1.54) is 0 Å².